The van der Waals surface area contributed by atoms with Crippen LogP contribution in [-0.4, -0.2) is 35.6 Å². The van der Waals surface area contributed by atoms with Crippen molar-refractivity contribution in [2.75, 3.05) is 16.8 Å². The fourth-order valence-corrected chi connectivity index (χ4v) is 2.26. The zero-order valence-corrected chi connectivity index (χ0v) is 11.1. The SMILES string of the molecule is CCS(=O)(=O)CCn1ccc(NC(=O)C2CC2)n1. The Morgan fingerprint density at radius 2 is 2.28 bits per heavy atom. The smallest absolute Gasteiger partial charge is 0.228 e. The number of carbonyl (C=O) groups excluding carboxylic acids is 1. The summed E-state index contributed by atoms with van der Waals surface area (Å²) in [5, 5.41) is 6.83. The van der Waals surface area contributed by atoms with Gasteiger partial charge >= 0.3 is 0 Å². The van der Waals surface area contributed by atoms with Crippen LogP contribution >= 0.6 is 0 Å². The molecule has 0 atom stereocenters. The number of carbonyl (C=O) groups is 1. The van der Waals surface area contributed by atoms with Gasteiger partial charge in [0.05, 0.1) is 12.3 Å². The predicted molar refractivity (Wildman–Crippen MR) is 67.9 cm³/mol. The Balaban J connectivity index is 1.87. The molecule has 100 valence electrons. The summed E-state index contributed by atoms with van der Waals surface area (Å²) < 4.78 is 24.2. The molecule has 1 aliphatic carbocycles. The molecule has 2 rings (SSSR count). The molecule has 0 aliphatic heterocycles. The molecule has 0 aromatic carbocycles. The molecule has 1 N–H and O–H groups in total. The lowest BCUT2D eigenvalue weighted by atomic mass is 10.4. The minimum atomic E-state index is -2.98. The standard InChI is InChI=1S/C11H17N3O3S/c1-2-18(16,17)8-7-14-6-5-10(13-14)12-11(15)9-3-4-9/h5-6,9H,2-4,7-8H2,1H3,(H,12,13,15). The second-order valence-corrected chi connectivity index (χ2v) is 6.94. The summed E-state index contributed by atoms with van der Waals surface area (Å²) >= 11 is 0. The molecule has 1 aromatic rings. The topological polar surface area (TPSA) is 81.1 Å². The van der Waals surface area contributed by atoms with E-state index in [9.17, 15) is 13.2 Å². The van der Waals surface area contributed by atoms with Gasteiger partial charge < -0.3 is 5.32 Å². The third-order valence-corrected chi connectivity index (χ3v) is 4.60. The molecule has 1 aliphatic rings. The van der Waals surface area contributed by atoms with E-state index >= 15 is 0 Å². The monoisotopic (exact) mass is 271 g/mol. The van der Waals surface area contributed by atoms with E-state index in [4.69, 9.17) is 0 Å². The summed E-state index contributed by atoms with van der Waals surface area (Å²) in [6.07, 6.45) is 3.57. The summed E-state index contributed by atoms with van der Waals surface area (Å²) in [5.41, 5.74) is 0. The number of aryl methyl sites for hydroxylation is 1. The summed E-state index contributed by atoms with van der Waals surface area (Å²) in [6, 6.07) is 1.68. The Hall–Kier alpha value is -1.37. The molecular weight excluding hydrogens is 254 g/mol. The minimum absolute atomic E-state index is 0.00132. The summed E-state index contributed by atoms with van der Waals surface area (Å²) in [4.78, 5) is 11.5. The maximum atomic E-state index is 11.5. The number of anilines is 1. The number of hydrogen-bond acceptors (Lipinski definition) is 4. The molecule has 1 saturated carbocycles. The molecular formula is C11H17N3O3S. The Bertz CT molecular complexity index is 531. The van der Waals surface area contributed by atoms with Crippen molar-refractivity contribution in [2.24, 2.45) is 5.92 Å². The number of rotatable bonds is 6. The molecule has 0 unspecified atom stereocenters. The zero-order chi connectivity index (χ0) is 13.2. The minimum Gasteiger partial charge on any atom is -0.309 e. The number of nitrogens with zero attached hydrogens (tertiary/aromatic N) is 2. The van der Waals surface area contributed by atoms with Crippen LogP contribution in [0.3, 0.4) is 0 Å². The average molecular weight is 271 g/mol. The van der Waals surface area contributed by atoms with Crippen LogP contribution in [0.25, 0.3) is 0 Å². The normalized spacial score (nSPS) is 15.6. The largest absolute Gasteiger partial charge is 0.309 e. The number of sulfone groups is 1. The van der Waals surface area contributed by atoms with Gasteiger partial charge in [-0.1, -0.05) is 6.92 Å². The van der Waals surface area contributed by atoms with Crippen molar-refractivity contribution in [3.05, 3.63) is 12.3 Å². The molecule has 0 bridgehead atoms. The maximum absolute atomic E-state index is 11.5. The highest BCUT2D eigenvalue weighted by Crippen LogP contribution is 2.29. The van der Waals surface area contributed by atoms with Crippen LogP contribution in [-0.2, 0) is 21.2 Å². The second kappa shape index (κ2) is 5.09. The van der Waals surface area contributed by atoms with E-state index in [1.165, 1.54) is 4.68 Å². The fourth-order valence-electron chi connectivity index (χ4n) is 1.50. The molecule has 6 nitrogen and oxygen atoms in total. The van der Waals surface area contributed by atoms with Crippen molar-refractivity contribution >= 4 is 21.6 Å². The first kappa shape index (κ1) is 13.1. The van der Waals surface area contributed by atoms with E-state index < -0.39 is 9.84 Å². The highest BCUT2D eigenvalue weighted by atomic mass is 32.2. The Kier molecular flexibility index (Phi) is 3.70. The van der Waals surface area contributed by atoms with Gasteiger partial charge in [-0.25, -0.2) is 8.42 Å². The molecule has 0 spiro atoms. The highest BCUT2D eigenvalue weighted by Gasteiger charge is 2.29. The molecule has 1 amide bonds. The first-order chi connectivity index (χ1) is 8.50. The van der Waals surface area contributed by atoms with E-state index in [-0.39, 0.29) is 23.3 Å². The molecule has 7 heteroatoms. The number of hydrogen-bond donors (Lipinski definition) is 1. The van der Waals surface area contributed by atoms with Gasteiger partial charge in [0.1, 0.15) is 0 Å². The van der Waals surface area contributed by atoms with E-state index in [0.29, 0.717) is 12.4 Å². The quantitative estimate of drug-likeness (QED) is 0.824. The third kappa shape index (κ3) is 3.56. The van der Waals surface area contributed by atoms with Gasteiger partial charge in [0.15, 0.2) is 15.7 Å². The van der Waals surface area contributed by atoms with Gasteiger partial charge in [-0.15, -0.1) is 0 Å². The summed E-state index contributed by atoms with van der Waals surface area (Å²) in [6.45, 7) is 1.94. The predicted octanol–water partition coefficient (Wildman–Crippen LogP) is 0.666. The highest BCUT2D eigenvalue weighted by molar-refractivity contribution is 7.91. The van der Waals surface area contributed by atoms with Crippen molar-refractivity contribution in [3.63, 3.8) is 0 Å². The van der Waals surface area contributed by atoms with Gasteiger partial charge in [-0.3, -0.25) is 9.48 Å². The molecule has 1 heterocycles. The van der Waals surface area contributed by atoms with Crippen LogP contribution < -0.4 is 5.32 Å². The summed E-state index contributed by atoms with van der Waals surface area (Å²) in [7, 11) is -2.98. The van der Waals surface area contributed by atoms with Gasteiger partial charge in [0, 0.05) is 23.9 Å². The maximum Gasteiger partial charge on any atom is 0.228 e. The lowest BCUT2D eigenvalue weighted by molar-refractivity contribution is -0.117. The Morgan fingerprint density at radius 3 is 2.89 bits per heavy atom. The number of aromatic nitrogens is 2. The zero-order valence-electron chi connectivity index (χ0n) is 10.3. The van der Waals surface area contributed by atoms with E-state index in [0.717, 1.165) is 12.8 Å². The molecule has 1 aromatic heterocycles. The number of nitrogens with one attached hydrogen (secondary N) is 1. The van der Waals surface area contributed by atoms with Crippen LogP contribution in [0.15, 0.2) is 12.3 Å². The average Bonchev–Trinajstić information content (AvgIpc) is 3.09. The van der Waals surface area contributed by atoms with E-state index in [2.05, 4.69) is 10.4 Å². The molecule has 0 saturated heterocycles. The molecule has 1 fully saturated rings. The van der Waals surface area contributed by atoms with Gasteiger partial charge in [-0.2, -0.15) is 5.10 Å². The molecule has 0 radical (unpaired) electrons. The Labute approximate surface area is 106 Å². The van der Waals surface area contributed by atoms with Gasteiger partial charge in [0.25, 0.3) is 0 Å². The van der Waals surface area contributed by atoms with Crippen LogP contribution in [0.2, 0.25) is 0 Å². The van der Waals surface area contributed by atoms with Gasteiger partial charge in [0.2, 0.25) is 5.91 Å². The van der Waals surface area contributed by atoms with Crippen LogP contribution in [0, 0.1) is 5.92 Å². The van der Waals surface area contributed by atoms with Crippen molar-refractivity contribution in [2.45, 2.75) is 26.3 Å². The molecule has 18 heavy (non-hydrogen) atoms. The van der Waals surface area contributed by atoms with Gasteiger partial charge in [-0.05, 0) is 12.8 Å². The van der Waals surface area contributed by atoms with Crippen LogP contribution in [0.4, 0.5) is 5.82 Å². The van der Waals surface area contributed by atoms with Crippen LogP contribution in [0.1, 0.15) is 19.8 Å². The Morgan fingerprint density at radius 1 is 1.56 bits per heavy atom. The van der Waals surface area contributed by atoms with Crippen molar-refractivity contribution < 1.29 is 13.2 Å². The van der Waals surface area contributed by atoms with E-state index in [1.807, 2.05) is 0 Å². The number of amides is 1. The van der Waals surface area contributed by atoms with Crippen molar-refractivity contribution in [3.8, 4) is 0 Å². The van der Waals surface area contributed by atoms with Crippen molar-refractivity contribution in [1.29, 1.82) is 0 Å². The summed E-state index contributed by atoms with van der Waals surface area (Å²) in [5.74, 6) is 0.832. The lowest BCUT2D eigenvalue weighted by Gasteiger charge is -2.02. The van der Waals surface area contributed by atoms with Crippen molar-refractivity contribution in [1.82, 2.24) is 9.78 Å². The van der Waals surface area contributed by atoms with Crippen LogP contribution in [0.5, 0.6) is 0 Å². The fraction of sp³-hybridized carbons (Fsp3) is 0.636. The van der Waals surface area contributed by atoms with E-state index in [1.54, 1.807) is 19.2 Å². The third-order valence-electron chi connectivity index (χ3n) is 2.91. The lowest BCUT2D eigenvalue weighted by Crippen LogP contribution is -2.16. The first-order valence-corrected chi connectivity index (χ1v) is 7.87. The first-order valence-electron chi connectivity index (χ1n) is 6.05. The second-order valence-electron chi connectivity index (χ2n) is 4.46.